The lowest BCUT2D eigenvalue weighted by molar-refractivity contribution is -0.146. The van der Waals surface area contributed by atoms with Gasteiger partial charge in [-0.2, -0.15) is 0 Å². The van der Waals surface area contributed by atoms with E-state index < -0.39 is 5.41 Å². The third kappa shape index (κ3) is 3.21. The molecule has 0 aliphatic carbocycles. The number of hydrogen-bond acceptors (Lipinski definition) is 2. The fourth-order valence-electron chi connectivity index (χ4n) is 3.83. The summed E-state index contributed by atoms with van der Waals surface area (Å²) in [4.78, 5) is 28.8. The second-order valence-electron chi connectivity index (χ2n) is 6.80. The summed E-state index contributed by atoms with van der Waals surface area (Å²) >= 11 is 0. The summed E-state index contributed by atoms with van der Waals surface area (Å²) in [5, 5.41) is 0. The Hall–Kier alpha value is -2.17. The topological polar surface area (TPSA) is 40.6 Å². The summed E-state index contributed by atoms with van der Waals surface area (Å²) in [7, 11) is 0. The van der Waals surface area contributed by atoms with Crippen LogP contribution in [0.1, 0.15) is 31.2 Å². The molecular formula is C19H23FN2O2. The zero-order chi connectivity index (χ0) is 17.2. The molecule has 2 saturated heterocycles. The summed E-state index contributed by atoms with van der Waals surface area (Å²) in [6.07, 6.45) is 4.44. The normalized spacial score (nSPS) is 23.8. The summed E-state index contributed by atoms with van der Waals surface area (Å²) in [5.41, 5.74) is 0.495. The summed E-state index contributed by atoms with van der Waals surface area (Å²) in [5.74, 6) is -0.0929. The molecule has 2 fully saturated rings. The first-order valence-corrected chi connectivity index (χ1v) is 8.46. The molecule has 1 aromatic carbocycles. The van der Waals surface area contributed by atoms with Crippen molar-refractivity contribution < 1.29 is 14.0 Å². The van der Waals surface area contributed by atoms with E-state index in [0.717, 1.165) is 31.4 Å². The molecule has 2 heterocycles. The van der Waals surface area contributed by atoms with Gasteiger partial charge >= 0.3 is 0 Å². The maximum absolute atomic E-state index is 13.0. The Labute approximate surface area is 141 Å². The van der Waals surface area contributed by atoms with Crippen LogP contribution < -0.4 is 0 Å². The first-order valence-electron chi connectivity index (χ1n) is 8.46. The zero-order valence-corrected chi connectivity index (χ0v) is 13.8. The monoisotopic (exact) mass is 330 g/mol. The van der Waals surface area contributed by atoms with Gasteiger partial charge in [0.15, 0.2) is 0 Å². The molecule has 0 saturated carbocycles. The Balaban J connectivity index is 1.70. The molecule has 3 rings (SSSR count). The second kappa shape index (κ2) is 6.75. The lowest BCUT2D eigenvalue weighted by atomic mass is 9.78. The minimum atomic E-state index is -0.435. The van der Waals surface area contributed by atoms with E-state index >= 15 is 0 Å². The summed E-state index contributed by atoms with van der Waals surface area (Å²) in [6, 6.07) is 6.28. The van der Waals surface area contributed by atoms with Crippen LogP contribution in [0.25, 0.3) is 0 Å². The lowest BCUT2D eigenvalue weighted by Gasteiger charge is -2.39. The van der Waals surface area contributed by atoms with E-state index in [9.17, 15) is 14.0 Å². The van der Waals surface area contributed by atoms with Gasteiger partial charge in [-0.1, -0.05) is 18.2 Å². The molecule has 24 heavy (non-hydrogen) atoms. The number of carbonyl (C=O) groups is 2. The van der Waals surface area contributed by atoms with Crippen molar-refractivity contribution in [2.24, 2.45) is 5.41 Å². The van der Waals surface area contributed by atoms with Crippen LogP contribution in [0.15, 0.2) is 36.9 Å². The van der Waals surface area contributed by atoms with Crippen molar-refractivity contribution in [2.75, 3.05) is 19.6 Å². The fraction of sp³-hybridized carbons (Fsp3) is 0.474. The van der Waals surface area contributed by atoms with Crippen molar-refractivity contribution in [3.63, 3.8) is 0 Å². The predicted octanol–water partition coefficient (Wildman–Crippen LogP) is 2.74. The van der Waals surface area contributed by atoms with E-state index in [2.05, 4.69) is 6.58 Å². The number of hydrogen-bond donors (Lipinski definition) is 0. The first-order chi connectivity index (χ1) is 11.5. The minimum Gasteiger partial charge on any atom is -0.341 e. The van der Waals surface area contributed by atoms with Crippen LogP contribution >= 0.6 is 0 Å². The molecular weight excluding hydrogens is 307 g/mol. The highest BCUT2D eigenvalue weighted by atomic mass is 19.1. The van der Waals surface area contributed by atoms with E-state index in [-0.39, 0.29) is 17.6 Å². The Morgan fingerprint density at radius 1 is 1.25 bits per heavy atom. The largest absolute Gasteiger partial charge is 0.341 e. The molecule has 2 amide bonds. The Bertz CT molecular complexity index is 643. The fourth-order valence-corrected chi connectivity index (χ4v) is 3.83. The van der Waals surface area contributed by atoms with Crippen LogP contribution in [0.5, 0.6) is 0 Å². The number of amides is 2. The SMILES string of the molecule is C=CCC(=O)N1CCC2(CCCN(Cc3ccc(F)cc3)C2=O)C1. The molecule has 1 aromatic rings. The van der Waals surface area contributed by atoms with Crippen LogP contribution in [0.3, 0.4) is 0 Å². The molecule has 4 nitrogen and oxygen atoms in total. The third-order valence-corrected chi connectivity index (χ3v) is 5.14. The highest BCUT2D eigenvalue weighted by molar-refractivity contribution is 5.86. The maximum atomic E-state index is 13.0. The lowest BCUT2D eigenvalue weighted by Crippen LogP contribution is -2.50. The van der Waals surface area contributed by atoms with Gasteiger partial charge in [0.1, 0.15) is 5.82 Å². The van der Waals surface area contributed by atoms with Gasteiger partial charge < -0.3 is 9.80 Å². The van der Waals surface area contributed by atoms with Gasteiger partial charge in [-0.25, -0.2) is 4.39 Å². The van der Waals surface area contributed by atoms with E-state index in [4.69, 9.17) is 0 Å². The molecule has 1 atom stereocenters. The first kappa shape index (κ1) is 16.7. The third-order valence-electron chi connectivity index (χ3n) is 5.14. The molecule has 0 radical (unpaired) electrons. The van der Waals surface area contributed by atoms with Gasteiger partial charge in [-0.15, -0.1) is 6.58 Å². The van der Waals surface area contributed by atoms with Crippen LogP contribution in [0.4, 0.5) is 4.39 Å². The number of nitrogens with zero attached hydrogens (tertiary/aromatic N) is 2. The maximum Gasteiger partial charge on any atom is 0.230 e. The van der Waals surface area contributed by atoms with Gasteiger partial charge in [0.2, 0.25) is 11.8 Å². The molecule has 1 unspecified atom stereocenters. The highest BCUT2D eigenvalue weighted by Gasteiger charge is 2.49. The Morgan fingerprint density at radius 2 is 2.00 bits per heavy atom. The van der Waals surface area contributed by atoms with Gasteiger partial charge in [0.05, 0.1) is 5.41 Å². The minimum absolute atomic E-state index is 0.0466. The van der Waals surface area contributed by atoms with E-state index in [0.29, 0.717) is 26.1 Å². The summed E-state index contributed by atoms with van der Waals surface area (Å²) in [6.45, 7) is 5.98. The molecule has 1 spiro atoms. The average Bonchev–Trinajstić information content (AvgIpc) is 3.00. The zero-order valence-electron chi connectivity index (χ0n) is 13.8. The predicted molar refractivity (Wildman–Crippen MR) is 89.5 cm³/mol. The van der Waals surface area contributed by atoms with Crippen LogP contribution in [-0.2, 0) is 16.1 Å². The molecule has 128 valence electrons. The number of piperidine rings is 1. The standard InChI is InChI=1S/C19H23FN2O2/c1-2-4-17(23)22-12-10-19(14-22)9-3-11-21(18(19)24)13-15-5-7-16(20)8-6-15/h2,5-8H,1,3-4,9-14H2. The Morgan fingerprint density at radius 3 is 2.71 bits per heavy atom. The van der Waals surface area contributed by atoms with Crippen molar-refractivity contribution in [1.82, 2.24) is 9.80 Å². The number of halogens is 1. The average molecular weight is 330 g/mol. The van der Waals surface area contributed by atoms with Gasteiger partial charge in [0.25, 0.3) is 0 Å². The number of benzene rings is 1. The quantitative estimate of drug-likeness (QED) is 0.797. The van der Waals surface area contributed by atoms with Crippen LogP contribution in [-0.4, -0.2) is 41.2 Å². The van der Waals surface area contributed by atoms with Crippen molar-refractivity contribution in [3.05, 3.63) is 48.3 Å². The van der Waals surface area contributed by atoms with Crippen molar-refractivity contribution >= 4 is 11.8 Å². The molecule has 0 aromatic heterocycles. The van der Waals surface area contributed by atoms with Crippen molar-refractivity contribution in [3.8, 4) is 0 Å². The highest BCUT2D eigenvalue weighted by Crippen LogP contribution is 2.40. The smallest absolute Gasteiger partial charge is 0.230 e. The van der Waals surface area contributed by atoms with Crippen LogP contribution in [0, 0.1) is 11.2 Å². The number of likely N-dealkylation sites (tertiary alicyclic amines) is 2. The molecule has 0 N–H and O–H groups in total. The van der Waals surface area contributed by atoms with Crippen molar-refractivity contribution in [1.29, 1.82) is 0 Å². The number of rotatable bonds is 4. The van der Waals surface area contributed by atoms with E-state index in [1.807, 2.05) is 4.90 Å². The van der Waals surface area contributed by atoms with Crippen molar-refractivity contribution in [2.45, 2.75) is 32.2 Å². The molecule has 5 heteroatoms. The van der Waals surface area contributed by atoms with Crippen LogP contribution in [0.2, 0.25) is 0 Å². The molecule has 0 bridgehead atoms. The Kier molecular flexibility index (Phi) is 4.69. The van der Waals surface area contributed by atoms with E-state index in [1.165, 1.54) is 12.1 Å². The number of carbonyl (C=O) groups excluding carboxylic acids is 2. The van der Waals surface area contributed by atoms with Gasteiger partial charge in [0, 0.05) is 32.6 Å². The molecule has 2 aliphatic heterocycles. The van der Waals surface area contributed by atoms with E-state index in [1.54, 1.807) is 23.1 Å². The summed E-state index contributed by atoms with van der Waals surface area (Å²) < 4.78 is 13.0. The molecule has 2 aliphatic rings. The second-order valence-corrected chi connectivity index (χ2v) is 6.80. The van der Waals surface area contributed by atoms with Gasteiger partial charge in [-0.3, -0.25) is 9.59 Å². The van der Waals surface area contributed by atoms with Gasteiger partial charge in [-0.05, 0) is 37.0 Å².